The van der Waals surface area contributed by atoms with Gasteiger partial charge in [0.25, 0.3) is 0 Å². The number of halogens is 3. The Balaban J connectivity index is 2.29. The third-order valence-electron chi connectivity index (χ3n) is 3.15. The van der Waals surface area contributed by atoms with Crippen LogP contribution < -0.4 is 14.8 Å². The maximum Gasteiger partial charge on any atom is 0.341 e. The van der Waals surface area contributed by atoms with E-state index in [1.165, 1.54) is 26.4 Å². The van der Waals surface area contributed by atoms with Crippen molar-refractivity contribution in [2.75, 3.05) is 19.5 Å². The highest BCUT2D eigenvalue weighted by Crippen LogP contribution is 2.38. The van der Waals surface area contributed by atoms with Gasteiger partial charge in [0.2, 0.25) is 9.84 Å². The van der Waals surface area contributed by atoms with Crippen LogP contribution in [0.2, 0.25) is 0 Å². The molecule has 9 heteroatoms. The summed E-state index contributed by atoms with van der Waals surface area (Å²) in [6.45, 7) is 0. The first-order valence-electron chi connectivity index (χ1n) is 6.60. The molecule has 24 heavy (non-hydrogen) atoms. The Morgan fingerprint density at radius 1 is 1.00 bits per heavy atom. The molecule has 0 aliphatic heterocycles. The van der Waals surface area contributed by atoms with Gasteiger partial charge >= 0.3 is 5.76 Å². The second kappa shape index (κ2) is 7.35. The van der Waals surface area contributed by atoms with Crippen molar-refractivity contribution in [1.29, 1.82) is 0 Å². The minimum Gasteiger partial charge on any atom is -0.495 e. The average molecular weight is 422 g/mol. The van der Waals surface area contributed by atoms with Crippen molar-refractivity contribution >= 4 is 37.1 Å². The second-order valence-corrected chi connectivity index (χ2v) is 7.36. The zero-order valence-electron chi connectivity index (χ0n) is 12.7. The van der Waals surface area contributed by atoms with Crippen molar-refractivity contribution in [2.24, 2.45) is 0 Å². The SMILES string of the molecule is COc1cc(Nc2ccc(S(=O)(=O)C(F)F)cc2)cc(OC)c1Br. The molecule has 0 aliphatic carbocycles. The number of hydrogen-bond acceptors (Lipinski definition) is 5. The van der Waals surface area contributed by atoms with Crippen LogP contribution in [0.25, 0.3) is 0 Å². The fourth-order valence-corrected chi connectivity index (χ4v) is 3.21. The van der Waals surface area contributed by atoms with E-state index in [4.69, 9.17) is 9.47 Å². The third kappa shape index (κ3) is 3.78. The Morgan fingerprint density at radius 3 is 1.92 bits per heavy atom. The van der Waals surface area contributed by atoms with E-state index in [-0.39, 0.29) is 0 Å². The molecule has 0 saturated carbocycles. The number of rotatable bonds is 6. The molecule has 0 fully saturated rings. The lowest BCUT2D eigenvalue weighted by Crippen LogP contribution is -2.11. The Kier molecular flexibility index (Phi) is 5.66. The molecule has 5 nitrogen and oxygen atoms in total. The van der Waals surface area contributed by atoms with Crippen molar-refractivity contribution in [1.82, 2.24) is 0 Å². The summed E-state index contributed by atoms with van der Waals surface area (Å²) in [6, 6.07) is 8.45. The number of nitrogens with one attached hydrogen (secondary N) is 1. The number of anilines is 2. The van der Waals surface area contributed by atoms with E-state index in [9.17, 15) is 17.2 Å². The normalized spacial score (nSPS) is 11.4. The van der Waals surface area contributed by atoms with Crippen LogP contribution in [-0.4, -0.2) is 28.4 Å². The van der Waals surface area contributed by atoms with Gasteiger partial charge in [-0.1, -0.05) is 0 Å². The first-order chi connectivity index (χ1) is 11.3. The highest BCUT2D eigenvalue weighted by atomic mass is 79.9. The number of sulfone groups is 1. The maximum atomic E-state index is 12.5. The summed E-state index contributed by atoms with van der Waals surface area (Å²) in [6.07, 6.45) is 0. The monoisotopic (exact) mass is 421 g/mol. The first kappa shape index (κ1) is 18.5. The van der Waals surface area contributed by atoms with Gasteiger partial charge < -0.3 is 14.8 Å². The minimum absolute atomic E-state index is 0.436. The Hall–Kier alpha value is -1.87. The van der Waals surface area contributed by atoms with Gasteiger partial charge in [-0.15, -0.1) is 0 Å². The highest BCUT2D eigenvalue weighted by Gasteiger charge is 2.26. The maximum absolute atomic E-state index is 12.5. The van der Waals surface area contributed by atoms with Crippen molar-refractivity contribution in [3.63, 3.8) is 0 Å². The largest absolute Gasteiger partial charge is 0.495 e. The van der Waals surface area contributed by atoms with Gasteiger partial charge in [0.15, 0.2) is 0 Å². The van der Waals surface area contributed by atoms with Gasteiger partial charge in [-0.05, 0) is 40.2 Å². The summed E-state index contributed by atoms with van der Waals surface area (Å²) >= 11 is 3.35. The zero-order valence-corrected chi connectivity index (χ0v) is 15.1. The fourth-order valence-electron chi connectivity index (χ4n) is 1.94. The smallest absolute Gasteiger partial charge is 0.341 e. The first-order valence-corrected chi connectivity index (χ1v) is 8.94. The highest BCUT2D eigenvalue weighted by molar-refractivity contribution is 9.10. The van der Waals surface area contributed by atoms with Crippen LogP contribution >= 0.6 is 15.9 Å². The number of methoxy groups -OCH3 is 2. The van der Waals surface area contributed by atoms with Crippen LogP contribution in [0, 0.1) is 0 Å². The number of alkyl halides is 2. The molecule has 0 atom stereocenters. The van der Waals surface area contributed by atoms with Crippen molar-refractivity contribution < 1.29 is 26.7 Å². The van der Waals surface area contributed by atoms with Gasteiger partial charge in [0.05, 0.1) is 19.1 Å². The van der Waals surface area contributed by atoms with Crippen LogP contribution in [0.1, 0.15) is 0 Å². The van der Waals surface area contributed by atoms with Crippen LogP contribution in [0.15, 0.2) is 45.8 Å². The molecule has 0 heterocycles. The Morgan fingerprint density at radius 2 is 1.50 bits per heavy atom. The van der Waals surface area contributed by atoms with Crippen LogP contribution in [0.5, 0.6) is 11.5 Å². The number of hydrogen-bond donors (Lipinski definition) is 1. The van der Waals surface area contributed by atoms with E-state index < -0.39 is 20.5 Å². The zero-order chi connectivity index (χ0) is 17.9. The van der Waals surface area contributed by atoms with Gasteiger partial charge in [-0.3, -0.25) is 0 Å². The van der Waals surface area contributed by atoms with E-state index in [0.29, 0.717) is 27.3 Å². The molecule has 0 aliphatic rings. The molecular weight excluding hydrogens is 408 g/mol. The molecule has 0 radical (unpaired) electrons. The lowest BCUT2D eigenvalue weighted by atomic mass is 10.2. The molecule has 0 spiro atoms. The predicted octanol–water partition coefficient (Wildman–Crippen LogP) is 4.21. The summed E-state index contributed by atoms with van der Waals surface area (Å²) in [4.78, 5) is -0.436. The van der Waals surface area contributed by atoms with Gasteiger partial charge in [-0.2, -0.15) is 8.78 Å². The molecule has 2 rings (SSSR count). The van der Waals surface area contributed by atoms with E-state index in [1.807, 2.05) is 0 Å². The summed E-state index contributed by atoms with van der Waals surface area (Å²) in [7, 11) is -1.59. The summed E-state index contributed by atoms with van der Waals surface area (Å²) in [5.74, 6) is -2.38. The van der Waals surface area contributed by atoms with Gasteiger partial charge in [0, 0.05) is 23.5 Å². The summed E-state index contributed by atoms with van der Waals surface area (Å²) in [5, 5.41) is 3.03. The molecular formula is C15H14BrF2NO4S. The number of benzene rings is 2. The quantitative estimate of drug-likeness (QED) is 0.756. The van der Waals surface area contributed by atoms with Gasteiger partial charge in [-0.25, -0.2) is 8.42 Å². The Bertz CT molecular complexity index is 801. The van der Waals surface area contributed by atoms with Crippen LogP contribution in [0.3, 0.4) is 0 Å². The lowest BCUT2D eigenvalue weighted by Gasteiger charge is -2.13. The molecule has 0 amide bonds. The summed E-state index contributed by atoms with van der Waals surface area (Å²) in [5.41, 5.74) is 1.14. The second-order valence-electron chi connectivity index (χ2n) is 4.65. The van der Waals surface area contributed by atoms with Crippen molar-refractivity contribution in [3.05, 3.63) is 40.9 Å². The molecule has 0 saturated heterocycles. The van der Waals surface area contributed by atoms with Crippen molar-refractivity contribution in [2.45, 2.75) is 10.7 Å². The molecule has 2 aromatic rings. The topological polar surface area (TPSA) is 64.6 Å². The Labute approximate surface area is 146 Å². The van der Waals surface area contributed by atoms with Crippen molar-refractivity contribution in [3.8, 4) is 11.5 Å². The van der Waals surface area contributed by atoms with E-state index in [0.717, 1.165) is 12.1 Å². The third-order valence-corrected chi connectivity index (χ3v) is 5.33. The van der Waals surface area contributed by atoms with Crippen LogP contribution in [-0.2, 0) is 9.84 Å². The molecule has 0 bridgehead atoms. The average Bonchev–Trinajstić information content (AvgIpc) is 2.56. The van der Waals surface area contributed by atoms with E-state index >= 15 is 0 Å². The number of ether oxygens (including phenoxy) is 2. The molecule has 2 aromatic carbocycles. The molecule has 1 N–H and O–H groups in total. The lowest BCUT2D eigenvalue weighted by molar-refractivity contribution is 0.234. The molecule has 0 aromatic heterocycles. The van der Waals surface area contributed by atoms with E-state index in [2.05, 4.69) is 21.2 Å². The van der Waals surface area contributed by atoms with Gasteiger partial charge in [0.1, 0.15) is 16.0 Å². The minimum atomic E-state index is -4.60. The predicted molar refractivity (Wildman–Crippen MR) is 90.2 cm³/mol. The van der Waals surface area contributed by atoms with E-state index in [1.54, 1.807) is 12.1 Å². The molecule has 130 valence electrons. The van der Waals surface area contributed by atoms with Crippen LogP contribution in [0.4, 0.5) is 20.2 Å². The molecule has 0 unspecified atom stereocenters. The summed E-state index contributed by atoms with van der Waals surface area (Å²) < 4.78 is 58.9. The fraction of sp³-hybridized carbons (Fsp3) is 0.200. The standard InChI is InChI=1S/C15H14BrF2NO4S/c1-22-12-7-10(8-13(23-2)14(12)16)19-9-3-5-11(6-4-9)24(20,21)15(17)18/h3-8,15,19H,1-2H3.